The molecular formula is C17H19N7O. The van der Waals surface area contributed by atoms with Gasteiger partial charge in [-0.05, 0) is 17.7 Å². The normalized spacial score (nSPS) is 16.9. The van der Waals surface area contributed by atoms with Crippen LogP contribution in [0.25, 0.3) is 5.65 Å². The van der Waals surface area contributed by atoms with Crippen molar-refractivity contribution in [3.63, 3.8) is 0 Å². The minimum atomic E-state index is -0.392. The van der Waals surface area contributed by atoms with Gasteiger partial charge in [-0.1, -0.05) is 30.3 Å². The van der Waals surface area contributed by atoms with Gasteiger partial charge in [0, 0.05) is 26.2 Å². The van der Waals surface area contributed by atoms with E-state index in [0.717, 1.165) is 43.2 Å². The van der Waals surface area contributed by atoms with E-state index in [1.807, 2.05) is 42.5 Å². The van der Waals surface area contributed by atoms with E-state index in [-0.39, 0.29) is 5.91 Å². The number of nitrogens with two attached hydrogens (primary N) is 1. The van der Waals surface area contributed by atoms with Crippen LogP contribution < -0.4 is 10.6 Å². The van der Waals surface area contributed by atoms with Gasteiger partial charge >= 0.3 is 0 Å². The monoisotopic (exact) mass is 337 g/mol. The number of fused-ring (bicyclic) bond motifs is 1. The number of nitrogens with zero attached hydrogens (tertiary/aromatic N) is 6. The van der Waals surface area contributed by atoms with Crippen molar-refractivity contribution in [1.29, 1.82) is 0 Å². The number of piperazine rings is 1. The highest BCUT2D eigenvalue weighted by molar-refractivity contribution is 5.81. The van der Waals surface area contributed by atoms with Crippen molar-refractivity contribution >= 4 is 17.4 Å². The Morgan fingerprint density at radius 3 is 2.52 bits per heavy atom. The molecule has 2 N–H and O–H groups in total. The number of carbonyl (C=O) groups excluding carboxylic acids is 1. The van der Waals surface area contributed by atoms with E-state index in [2.05, 4.69) is 25.1 Å². The van der Waals surface area contributed by atoms with E-state index in [4.69, 9.17) is 5.73 Å². The minimum absolute atomic E-state index is 0.316. The van der Waals surface area contributed by atoms with Crippen molar-refractivity contribution in [2.45, 2.75) is 6.04 Å². The first-order chi connectivity index (χ1) is 12.2. The van der Waals surface area contributed by atoms with Crippen LogP contribution in [0.3, 0.4) is 0 Å². The van der Waals surface area contributed by atoms with Crippen molar-refractivity contribution in [2.24, 2.45) is 5.73 Å². The Morgan fingerprint density at radius 1 is 1.04 bits per heavy atom. The number of aromatic nitrogens is 4. The number of hydrogen-bond acceptors (Lipinski definition) is 6. The first-order valence-electron chi connectivity index (χ1n) is 8.23. The first-order valence-corrected chi connectivity index (χ1v) is 8.23. The highest BCUT2D eigenvalue weighted by atomic mass is 16.1. The molecule has 8 nitrogen and oxygen atoms in total. The average Bonchev–Trinajstić information content (AvgIpc) is 3.11. The van der Waals surface area contributed by atoms with Crippen molar-refractivity contribution in [3.05, 3.63) is 54.4 Å². The third-order valence-electron chi connectivity index (χ3n) is 4.54. The van der Waals surface area contributed by atoms with Gasteiger partial charge in [0.25, 0.3) is 0 Å². The molecule has 8 heteroatoms. The van der Waals surface area contributed by atoms with Crippen LogP contribution in [0.1, 0.15) is 11.6 Å². The Bertz CT molecular complexity index is 871. The molecule has 0 aliphatic carbocycles. The van der Waals surface area contributed by atoms with Gasteiger partial charge in [-0.25, -0.2) is 0 Å². The topological polar surface area (TPSA) is 92.7 Å². The van der Waals surface area contributed by atoms with Gasteiger partial charge in [0.1, 0.15) is 18.2 Å². The van der Waals surface area contributed by atoms with Crippen molar-refractivity contribution in [2.75, 3.05) is 31.1 Å². The zero-order valence-electron chi connectivity index (χ0n) is 13.7. The Balaban J connectivity index is 1.49. The molecule has 2 aromatic heterocycles. The largest absolute Gasteiger partial charge is 0.368 e. The van der Waals surface area contributed by atoms with E-state index in [1.165, 1.54) is 0 Å². The van der Waals surface area contributed by atoms with E-state index in [9.17, 15) is 4.79 Å². The molecule has 1 aliphatic heterocycles. The van der Waals surface area contributed by atoms with Gasteiger partial charge in [-0.2, -0.15) is 4.52 Å². The maximum Gasteiger partial charge on any atom is 0.239 e. The fourth-order valence-electron chi connectivity index (χ4n) is 3.29. The number of anilines is 1. The molecule has 1 atom stereocenters. The van der Waals surface area contributed by atoms with Crippen LogP contribution in [0, 0.1) is 0 Å². The van der Waals surface area contributed by atoms with Crippen LogP contribution in [0.4, 0.5) is 5.82 Å². The zero-order chi connectivity index (χ0) is 17.2. The van der Waals surface area contributed by atoms with Crippen LogP contribution >= 0.6 is 0 Å². The molecule has 3 heterocycles. The number of amides is 1. The minimum Gasteiger partial charge on any atom is -0.368 e. The molecule has 0 bridgehead atoms. The molecule has 0 radical (unpaired) electrons. The molecule has 3 aromatic rings. The Kier molecular flexibility index (Phi) is 4.02. The summed E-state index contributed by atoms with van der Waals surface area (Å²) in [6.45, 7) is 3.03. The molecular weight excluding hydrogens is 318 g/mol. The van der Waals surface area contributed by atoms with Gasteiger partial charge in [-0.3, -0.25) is 9.69 Å². The maximum atomic E-state index is 12.0. The van der Waals surface area contributed by atoms with Crippen LogP contribution in [0.2, 0.25) is 0 Å². The Hall–Kier alpha value is -3.00. The fraction of sp³-hybridized carbons (Fsp3) is 0.294. The van der Waals surface area contributed by atoms with Crippen LogP contribution in [0.15, 0.2) is 48.8 Å². The standard InChI is InChI=1S/C17H19N7O/c18-17(25)16(13-4-2-1-3-5-13)23-10-8-22(9-11-23)15-7-6-14-20-19-12-24(14)21-15/h1-7,12,16H,8-11H2,(H2,18,25). The Labute approximate surface area is 144 Å². The summed E-state index contributed by atoms with van der Waals surface area (Å²) in [7, 11) is 0. The van der Waals surface area contributed by atoms with Crippen LogP contribution in [0.5, 0.6) is 0 Å². The molecule has 25 heavy (non-hydrogen) atoms. The SMILES string of the molecule is NC(=O)C(c1ccccc1)N1CCN(c2ccc3nncn3n2)CC1. The summed E-state index contributed by atoms with van der Waals surface area (Å²) >= 11 is 0. The average molecular weight is 337 g/mol. The third kappa shape index (κ3) is 3.03. The van der Waals surface area contributed by atoms with Crippen molar-refractivity contribution in [3.8, 4) is 0 Å². The summed E-state index contributed by atoms with van der Waals surface area (Å²) in [4.78, 5) is 16.3. The molecule has 1 aromatic carbocycles. The highest BCUT2D eigenvalue weighted by Crippen LogP contribution is 2.23. The molecule has 1 saturated heterocycles. The molecule has 1 amide bonds. The van der Waals surface area contributed by atoms with E-state index in [1.54, 1.807) is 10.8 Å². The van der Waals surface area contributed by atoms with Crippen molar-refractivity contribution in [1.82, 2.24) is 24.7 Å². The molecule has 0 saturated carbocycles. The summed E-state index contributed by atoms with van der Waals surface area (Å²) in [5, 5.41) is 12.3. The zero-order valence-corrected chi connectivity index (χ0v) is 13.7. The number of primary amides is 1. The molecule has 4 rings (SSSR count). The number of carbonyl (C=O) groups is 1. The second-order valence-corrected chi connectivity index (χ2v) is 6.06. The summed E-state index contributed by atoms with van der Waals surface area (Å²) in [6, 6.07) is 13.1. The lowest BCUT2D eigenvalue weighted by atomic mass is 10.0. The highest BCUT2D eigenvalue weighted by Gasteiger charge is 2.29. The maximum absolute atomic E-state index is 12.0. The van der Waals surface area contributed by atoms with Crippen molar-refractivity contribution < 1.29 is 4.79 Å². The first kappa shape index (κ1) is 15.5. The van der Waals surface area contributed by atoms with Gasteiger partial charge < -0.3 is 10.6 Å². The second kappa shape index (κ2) is 6.48. The summed E-state index contributed by atoms with van der Waals surface area (Å²) in [5.74, 6) is 0.561. The van der Waals surface area contributed by atoms with E-state index >= 15 is 0 Å². The Morgan fingerprint density at radius 2 is 1.80 bits per heavy atom. The molecule has 128 valence electrons. The van der Waals surface area contributed by atoms with E-state index in [0.29, 0.717) is 0 Å². The smallest absolute Gasteiger partial charge is 0.239 e. The molecule has 1 unspecified atom stereocenters. The van der Waals surface area contributed by atoms with Gasteiger partial charge in [-0.15, -0.1) is 15.3 Å². The summed E-state index contributed by atoms with van der Waals surface area (Å²) in [6.07, 6.45) is 1.59. The number of hydrogen-bond donors (Lipinski definition) is 1. The predicted molar refractivity (Wildman–Crippen MR) is 92.9 cm³/mol. The lowest BCUT2D eigenvalue weighted by molar-refractivity contribution is -0.123. The molecule has 0 spiro atoms. The lowest BCUT2D eigenvalue weighted by Crippen LogP contribution is -2.50. The number of benzene rings is 1. The fourth-order valence-corrected chi connectivity index (χ4v) is 3.29. The quantitative estimate of drug-likeness (QED) is 0.744. The van der Waals surface area contributed by atoms with Gasteiger partial charge in [0.05, 0.1) is 0 Å². The van der Waals surface area contributed by atoms with Crippen LogP contribution in [-0.2, 0) is 4.79 Å². The number of rotatable bonds is 4. The summed E-state index contributed by atoms with van der Waals surface area (Å²) < 4.78 is 1.66. The van der Waals surface area contributed by atoms with Gasteiger partial charge in [0.15, 0.2) is 5.65 Å². The molecule has 1 aliphatic rings. The van der Waals surface area contributed by atoms with E-state index < -0.39 is 6.04 Å². The second-order valence-electron chi connectivity index (χ2n) is 6.06. The lowest BCUT2D eigenvalue weighted by Gasteiger charge is -2.38. The van der Waals surface area contributed by atoms with Gasteiger partial charge in [0.2, 0.25) is 5.91 Å². The predicted octanol–water partition coefficient (Wildman–Crippen LogP) is 0.473. The molecule has 1 fully saturated rings. The third-order valence-corrected chi connectivity index (χ3v) is 4.54. The summed E-state index contributed by atoms with van der Waals surface area (Å²) in [5.41, 5.74) is 7.33. The van der Waals surface area contributed by atoms with Crippen LogP contribution in [-0.4, -0.2) is 56.8 Å².